The highest BCUT2D eigenvalue weighted by atomic mass is 19.4. The highest BCUT2D eigenvalue weighted by Crippen LogP contribution is 2.52. The first kappa shape index (κ1) is 31.2. The van der Waals surface area contributed by atoms with Gasteiger partial charge in [0.15, 0.2) is 0 Å². The number of pyridine rings is 1. The van der Waals surface area contributed by atoms with E-state index in [2.05, 4.69) is 0 Å². The fourth-order valence-corrected chi connectivity index (χ4v) is 7.00. The van der Waals surface area contributed by atoms with Crippen LogP contribution in [-0.4, -0.2) is 94.2 Å². The maximum atomic E-state index is 13.7. The Kier molecular flexibility index (Phi) is 9.01. The Hall–Kier alpha value is -3.22. The summed E-state index contributed by atoms with van der Waals surface area (Å²) in [4.78, 5) is 43.4. The maximum Gasteiger partial charge on any atom is 0.389 e. The number of hydrogen-bond donors (Lipinski definition) is 2. The number of nitrogens with zero attached hydrogens (tertiary/aromatic N) is 3. The molecule has 2 N–H and O–H groups in total. The predicted molar refractivity (Wildman–Crippen MR) is 151 cm³/mol. The molecule has 3 aliphatic rings. The van der Waals surface area contributed by atoms with Crippen LogP contribution >= 0.6 is 0 Å². The average molecular weight is 606 g/mol. The van der Waals surface area contributed by atoms with E-state index < -0.39 is 47.6 Å². The van der Waals surface area contributed by atoms with Gasteiger partial charge in [0.1, 0.15) is 0 Å². The van der Waals surface area contributed by atoms with E-state index in [-0.39, 0.29) is 32.0 Å². The lowest BCUT2D eigenvalue weighted by Gasteiger charge is -2.52. The van der Waals surface area contributed by atoms with Gasteiger partial charge in [-0.1, -0.05) is 43.2 Å². The average Bonchev–Trinajstić information content (AvgIpc) is 3.48. The summed E-state index contributed by atoms with van der Waals surface area (Å²) in [7, 11) is 0. The Labute approximate surface area is 247 Å². The van der Waals surface area contributed by atoms with Gasteiger partial charge in [-0.2, -0.15) is 13.2 Å². The molecule has 12 heteroatoms. The Morgan fingerprint density at radius 2 is 1.67 bits per heavy atom. The van der Waals surface area contributed by atoms with Crippen molar-refractivity contribution in [3.8, 4) is 11.1 Å². The fourth-order valence-electron chi connectivity index (χ4n) is 7.00. The zero-order valence-corrected chi connectivity index (χ0v) is 24.0. The van der Waals surface area contributed by atoms with Crippen LogP contribution in [0.4, 0.5) is 13.2 Å². The van der Waals surface area contributed by atoms with Gasteiger partial charge >= 0.3 is 6.18 Å². The number of alkyl halides is 3. The molecule has 1 aliphatic carbocycles. The maximum absolute atomic E-state index is 13.7. The molecule has 2 aromatic rings. The minimum Gasteiger partial charge on any atom is -0.396 e. The van der Waals surface area contributed by atoms with Gasteiger partial charge in [-0.3, -0.25) is 14.4 Å². The van der Waals surface area contributed by atoms with E-state index in [9.17, 15) is 37.8 Å². The molecule has 2 amide bonds. The van der Waals surface area contributed by atoms with Crippen LogP contribution in [0.15, 0.2) is 47.4 Å². The van der Waals surface area contributed by atoms with Crippen LogP contribution in [0.1, 0.15) is 48.9 Å². The van der Waals surface area contributed by atoms with Gasteiger partial charge < -0.3 is 29.3 Å². The minimum absolute atomic E-state index is 0.0120. The smallest absolute Gasteiger partial charge is 0.389 e. The minimum atomic E-state index is -4.60. The molecule has 2 aliphatic heterocycles. The molecule has 0 bridgehead atoms. The van der Waals surface area contributed by atoms with Crippen molar-refractivity contribution in [3.63, 3.8) is 0 Å². The number of rotatable bonds is 7. The van der Waals surface area contributed by atoms with E-state index >= 15 is 0 Å². The first-order chi connectivity index (χ1) is 20.5. The second kappa shape index (κ2) is 12.4. The van der Waals surface area contributed by atoms with Crippen LogP contribution < -0.4 is 5.56 Å². The van der Waals surface area contributed by atoms with Crippen LogP contribution in [0.25, 0.3) is 11.1 Å². The second-order valence-corrected chi connectivity index (χ2v) is 12.1. The number of halogens is 3. The summed E-state index contributed by atoms with van der Waals surface area (Å²) in [5.41, 5.74) is -1.17. The highest BCUT2D eigenvalue weighted by Gasteiger charge is 2.56. The van der Waals surface area contributed by atoms with Gasteiger partial charge in [0.05, 0.1) is 49.9 Å². The number of carbonyl (C=O) groups excluding carboxylic acids is 2. The number of aliphatic hydroxyl groups excluding tert-OH is 1. The summed E-state index contributed by atoms with van der Waals surface area (Å²) in [5, 5.41) is 21.8. The monoisotopic (exact) mass is 605 g/mol. The number of carbonyl (C=O) groups is 2. The molecule has 2 atom stereocenters. The number of ether oxygens (including phenoxy) is 1. The number of aromatic nitrogens is 1. The molecule has 2 saturated heterocycles. The third kappa shape index (κ3) is 6.51. The molecule has 3 heterocycles. The Balaban J connectivity index is 1.47. The van der Waals surface area contributed by atoms with Gasteiger partial charge in [-0.25, -0.2) is 0 Å². The lowest BCUT2D eigenvalue weighted by molar-refractivity contribution is -0.175. The van der Waals surface area contributed by atoms with Gasteiger partial charge in [-0.05, 0) is 24.8 Å². The molecule has 2 unspecified atom stereocenters. The molecule has 1 aromatic heterocycles. The van der Waals surface area contributed by atoms with Gasteiger partial charge in [0.2, 0.25) is 5.91 Å². The lowest BCUT2D eigenvalue weighted by atomic mass is 9.65. The molecule has 1 saturated carbocycles. The number of hydrogen-bond acceptors (Lipinski definition) is 6. The first-order valence-corrected chi connectivity index (χ1v) is 14.8. The van der Waals surface area contributed by atoms with E-state index in [1.165, 1.54) is 21.7 Å². The summed E-state index contributed by atoms with van der Waals surface area (Å²) in [6, 6.07) is 10.5. The van der Waals surface area contributed by atoms with Gasteiger partial charge in [-0.15, -0.1) is 0 Å². The number of aliphatic hydroxyl groups is 2. The van der Waals surface area contributed by atoms with E-state index in [0.717, 1.165) is 12.8 Å². The predicted octanol–water partition coefficient (Wildman–Crippen LogP) is 3.07. The normalized spacial score (nSPS) is 23.0. The molecule has 5 rings (SSSR count). The molecule has 1 spiro atoms. The zero-order valence-electron chi connectivity index (χ0n) is 24.0. The molecule has 43 heavy (non-hydrogen) atoms. The first-order valence-electron chi connectivity index (χ1n) is 14.8. The highest BCUT2D eigenvalue weighted by molar-refractivity contribution is 6.00. The van der Waals surface area contributed by atoms with Crippen molar-refractivity contribution >= 4 is 11.8 Å². The lowest BCUT2D eigenvalue weighted by Crippen LogP contribution is -2.62. The van der Waals surface area contributed by atoms with Crippen LogP contribution in [-0.2, 0) is 16.1 Å². The van der Waals surface area contributed by atoms with Crippen molar-refractivity contribution in [2.24, 2.45) is 11.3 Å². The molecule has 3 fully saturated rings. The quantitative estimate of drug-likeness (QED) is 0.502. The topological polar surface area (TPSA) is 112 Å². The van der Waals surface area contributed by atoms with Crippen molar-refractivity contribution in [3.05, 3.63) is 58.5 Å². The number of benzene rings is 1. The third-order valence-corrected chi connectivity index (χ3v) is 9.37. The summed E-state index contributed by atoms with van der Waals surface area (Å²) in [6.45, 7) is 0.605. The van der Waals surface area contributed by atoms with Crippen molar-refractivity contribution in [2.75, 3.05) is 46.0 Å². The van der Waals surface area contributed by atoms with E-state index in [1.54, 1.807) is 4.90 Å². The number of amides is 2. The Morgan fingerprint density at radius 1 is 1.00 bits per heavy atom. The molecular weight excluding hydrogens is 567 g/mol. The van der Waals surface area contributed by atoms with Crippen molar-refractivity contribution in [2.45, 2.75) is 56.8 Å². The molecule has 1 aromatic carbocycles. The Bertz CT molecular complexity index is 1370. The van der Waals surface area contributed by atoms with Gasteiger partial charge in [0.25, 0.3) is 11.5 Å². The van der Waals surface area contributed by atoms with Crippen molar-refractivity contribution in [1.29, 1.82) is 0 Å². The van der Waals surface area contributed by atoms with E-state index in [1.807, 2.05) is 30.3 Å². The summed E-state index contributed by atoms with van der Waals surface area (Å²) in [5.74, 6) is -2.64. The standard InChI is InChI=1S/C31H38F3N3O6/c32-31(33,34)17-23(19-38)27(40)36-11-10-30(42,29(20-36)8-4-5-9-29)21-37-18-25(28(41)35-12-14-43-15-13-35)24(16-26(37)39)22-6-2-1-3-7-22/h1-3,6-7,16,18,23,38,42H,4-5,8-15,17,19-21H2. The summed E-state index contributed by atoms with van der Waals surface area (Å²) >= 11 is 0. The fraction of sp³-hybridized carbons (Fsp3) is 0.581. The second-order valence-electron chi connectivity index (χ2n) is 12.1. The van der Waals surface area contributed by atoms with Crippen LogP contribution in [0.3, 0.4) is 0 Å². The third-order valence-electron chi connectivity index (χ3n) is 9.37. The SMILES string of the molecule is O=C(c1cn(CC2(O)CCN(C(=O)C(CO)CC(F)(F)F)CC23CCCC3)c(=O)cc1-c1ccccc1)N1CCOCC1. The largest absolute Gasteiger partial charge is 0.396 e. The molecule has 0 radical (unpaired) electrons. The van der Waals surface area contributed by atoms with E-state index in [4.69, 9.17) is 4.74 Å². The Morgan fingerprint density at radius 3 is 2.30 bits per heavy atom. The molecule has 9 nitrogen and oxygen atoms in total. The number of piperidine rings is 1. The summed E-state index contributed by atoms with van der Waals surface area (Å²) < 4.78 is 46.0. The van der Waals surface area contributed by atoms with Crippen LogP contribution in [0, 0.1) is 11.3 Å². The molecular formula is C31H38F3N3O6. The van der Waals surface area contributed by atoms with E-state index in [0.29, 0.717) is 55.8 Å². The zero-order chi connectivity index (χ0) is 30.8. The summed E-state index contributed by atoms with van der Waals surface area (Å²) in [6.07, 6.45) is -1.88. The van der Waals surface area contributed by atoms with Gasteiger partial charge in [0, 0.05) is 49.4 Å². The van der Waals surface area contributed by atoms with Crippen LogP contribution in [0.5, 0.6) is 0 Å². The number of likely N-dealkylation sites (tertiary alicyclic amines) is 1. The van der Waals surface area contributed by atoms with Crippen molar-refractivity contribution in [1.82, 2.24) is 14.4 Å². The van der Waals surface area contributed by atoms with Crippen molar-refractivity contribution < 1.29 is 37.7 Å². The van der Waals surface area contributed by atoms with Crippen LogP contribution in [0.2, 0.25) is 0 Å². The number of morpholine rings is 1. The molecule has 234 valence electrons.